The quantitative estimate of drug-likeness (QED) is 0.0663. The molecule has 12 heteroatoms. The number of hydrogen-bond acceptors (Lipinski definition) is 9. The van der Waals surface area contributed by atoms with E-state index in [0.29, 0.717) is 11.7 Å². The van der Waals surface area contributed by atoms with Crippen LogP contribution in [-0.2, 0) is 6.18 Å². The van der Waals surface area contributed by atoms with E-state index < -0.39 is 11.9 Å². The minimum Gasteiger partial charge on any atom is -0.382 e. The minimum absolute atomic E-state index is 0.122. The Bertz CT molecular complexity index is 1940. The van der Waals surface area contributed by atoms with E-state index in [2.05, 4.69) is 99.2 Å². The van der Waals surface area contributed by atoms with Crippen LogP contribution in [0.15, 0.2) is 102 Å². The van der Waals surface area contributed by atoms with Gasteiger partial charge in [-0.1, -0.05) is 55.5 Å². The second-order valence-electron chi connectivity index (χ2n) is 10.7. The Morgan fingerprint density at radius 1 is 0.609 bits per heavy atom. The summed E-state index contributed by atoms with van der Waals surface area (Å²) in [7, 11) is 0. The van der Waals surface area contributed by atoms with Crippen LogP contribution in [0.1, 0.15) is 26.0 Å². The summed E-state index contributed by atoms with van der Waals surface area (Å²) in [5.74, 6) is 0. The predicted molar refractivity (Wildman–Crippen MR) is 187 cm³/mol. The lowest BCUT2D eigenvalue weighted by Gasteiger charge is -2.19. The average Bonchev–Trinajstić information content (AvgIpc) is 3.57. The molecule has 0 bridgehead atoms. The maximum absolute atomic E-state index is 12.8. The van der Waals surface area contributed by atoms with E-state index in [1.54, 1.807) is 12.1 Å². The first-order valence-corrected chi connectivity index (χ1v) is 15.7. The van der Waals surface area contributed by atoms with E-state index in [4.69, 9.17) is 0 Å². The van der Waals surface area contributed by atoms with Crippen molar-refractivity contribution in [1.82, 2.24) is 4.98 Å². The zero-order valence-corrected chi connectivity index (χ0v) is 25.9. The molecule has 8 nitrogen and oxygen atoms in total. The number of anilines is 7. The Morgan fingerprint density at radius 3 is 1.50 bits per heavy atom. The first-order valence-electron chi connectivity index (χ1n) is 14.8. The van der Waals surface area contributed by atoms with Crippen LogP contribution < -0.4 is 37.9 Å². The Hall–Kier alpha value is -5.36. The third-order valence-corrected chi connectivity index (χ3v) is 8.29. The van der Waals surface area contributed by atoms with Crippen molar-refractivity contribution in [3.05, 3.63) is 108 Å². The van der Waals surface area contributed by atoms with Gasteiger partial charge < -0.3 is 27.0 Å². The number of hydrazine groups is 3. The van der Waals surface area contributed by atoms with Crippen molar-refractivity contribution < 1.29 is 13.2 Å². The maximum atomic E-state index is 12.8. The van der Waals surface area contributed by atoms with Gasteiger partial charge in [0.15, 0.2) is 5.69 Å². The average molecular weight is 643 g/mol. The molecule has 1 heterocycles. The molecule has 0 aliphatic heterocycles. The Balaban J connectivity index is 1.11. The molecule has 1 aromatic heterocycles. The summed E-state index contributed by atoms with van der Waals surface area (Å²) in [6.07, 6.45) is -3.43. The highest BCUT2D eigenvalue weighted by Crippen LogP contribution is 2.34. The van der Waals surface area contributed by atoms with Gasteiger partial charge in [-0.25, -0.2) is 4.98 Å². The third-order valence-electron chi connectivity index (χ3n) is 7.53. The van der Waals surface area contributed by atoms with Crippen LogP contribution >= 0.6 is 11.3 Å². The molecule has 0 saturated carbocycles. The Morgan fingerprint density at radius 2 is 1.04 bits per heavy atom. The molecule has 5 aromatic carbocycles. The lowest BCUT2D eigenvalue weighted by atomic mass is 10.1. The van der Waals surface area contributed by atoms with Crippen LogP contribution in [0.25, 0.3) is 21.5 Å². The van der Waals surface area contributed by atoms with E-state index in [1.165, 1.54) is 0 Å². The van der Waals surface area contributed by atoms with Crippen LogP contribution in [0.2, 0.25) is 0 Å². The number of thiazole rings is 1. The normalized spacial score (nSPS) is 12.0. The smallest absolute Gasteiger partial charge is 0.382 e. The highest BCUT2D eigenvalue weighted by molar-refractivity contribution is 7.13. The predicted octanol–water partition coefficient (Wildman–Crippen LogP) is 10.00. The molecule has 0 aliphatic rings. The molecule has 6 rings (SSSR count). The van der Waals surface area contributed by atoms with Gasteiger partial charge >= 0.3 is 6.18 Å². The monoisotopic (exact) mass is 642 g/mol. The number of fused-ring (bicyclic) bond motifs is 2. The molecule has 0 amide bonds. The van der Waals surface area contributed by atoms with Gasteiger partial charge in [-0.3, -0.25) is 10.9 Å². The molecule has 236 valence electrons. The highest BCUT2D eigenvalue weighted by atomic mass is 32.1. The lowest BCUT2D eigenvalue weighted by molar-refractivity contribution is -0.140. The zero-order valence-electron chi connectivity index (χ0n) is 25.1. The highest BCUT2D eigenvalue weighted by Gasteiger charge is 2.33. The van der Waals surface area contributed by atoms with Gasteiger partial charge in [0.1, 0.15) is 0 Å². The number of nitrogens with one attached hydrogen (secondary N) is 7. The van der Waals surface area contributed by atoms with Crippen LogP contribution in [0, 0.1) is 0 Å². The van der Waals surface area contributed by atoms with Crippen LogP contribution in [0.3, 0.4) is 0 Å². The maximum Gasteiger partial charge on any atom is 0.434 e. The van der Waals surface area contributed by atoms with Gasteiger partial charge in [-0.15, -0.1) is 11.3 Å². The molecule has 7 N–H and O–H groups in total. The van der Waals surface area contributed by atoms with E-state index >= 15 is 0 Å². The second-order valence-corrected chi connectivity index (χ2v) is 11.6. The molecule has 0 aliphatic carbocycles. The van der Waals surface area contributed by atoms with Gasteiger partial charge in [0.05, 0.1) is 28.4 Å². The fraction of sp³-hybridized carbons (Fsp3) is 0.147. The number of benzene rings is 5. The van der Waals surface area contributed by atoms with Crippen molar-refractivity contribution in [1.29, 1.82) is 0 Å². The zero-order chi connectivity index (χ0) is 32.1. The molecule has 46 heavy (non-hydrogen) atoms. The summed E-state index contributed by atoms with van der Waals surface area (Å²) in [5, 5.41) is 9.02. The first kappa shape index (κ1) is 30.7. The largest absolute Gasteiger partial charge is 0.434 e. The van der Waals surface area contributed by atoms with Crippen LogP contribution in [-0.4, -0.2) is 11.0 Å². The van der Waals surface area contributed by atoms with E-state index in [9.17, 15) is 13.2 Å². The number of nitrogens with zero attached hydrogens (tertiary/aromatic N) is 1. The topological polar surface area (TPSA) is 97.1 Å². The van der Waals surface area contributed by atoms with Crippen molar-refractivity contribution >= 4 is 72.1 Å². The van der Waals surface area contributed by atoms with Gasteiger partial charge in [-0.2, -0.15) is 13.2 Å². The van der Waals surface area contributed by atoms with E-state index in [1.807, 2.05) is 42.5 Å². The number of alkyl halides is 3. The summed E-state index contributed by atoms with van der Waals surface area (Å²) in [4.78, 5) is 3.55. The van der Waals surface area contributed by atoms with Crippen molar-refractivity contribution in [3.8, 4) is 0 Å². The minimum atomic E-state index is -4.47. The van der Waals surface area contributed by atoms with Crippen molar-refractivity contribution in [3.63, 3.8) is 0 Å². The molecular formula is C34H33F3N8S. The third kappa shape index (κ3) is 6.97. The number of aromatic nitrogens is 1. The number of hydrogen-bond donors (Lipinski definition) is 7. The van der Waals surface area contributed by atoms with Gasteiger partial charge in [0.25, 0.3) is 0 Å². The van der Waals surface area contributed by atoms with Crippen LogP contribution in [0.4, 0.5) is 52.4 Å². The molecule has 0 fully saturated rings. The molecule has 0 saturated heterocycles. The summed E-state index contributed by atoms with van der Waals surface area (Å²) in [6, 6.07) is 32.3. The summed E-state index contributed by atoms with van der Waals surface area (Å²) in [6.45, 7) is 4.35. The van der Waals surface area contributed by atoms with Crippen LogP contribution in [0.5, 0.6) is 0 Å². The van der Waals surface area contributed by atoms with Gasteiger partial charge in [0, 0.05) is 38.7 Å². The van der Waals surface area contributed by atoms with E-state index in [0.717, 1.165) is 73.1 Å². The SMILES string of the molecule is CCC(C)Nc1ccc(NNc2ccc(NNc3ccc(NNc4nc(C(F)(F)F)cs4)cc3)c3ccccc23)c2ccccc12. The number of halogens is 3. The van der Waals surface area contributed by atoms with E-state index in [-0.39, 0.29) is 5.13 Å². The van der Waals surface area contributed by atoms with Gasteiger partial charge in [-0.05, 0) is 61.9 Å². The summed E-state index contributed by atoms with van der Waals surface area (Å²) in [5.41, 5.74) is 23.4. The standard InChI is InChI=1S/C34H33F3N8S/c1-3-21(2)38-28-16-17-30(25-9-5-4-8-24(25)28)43-44-31-19-18-29(26-10-6-7-11-27(26)31)42-40-22-12-14-23(15-13-22)41-45-33-39-32(20-46-33)34(35,36)37/h4-21,38,40-44H,3H2,1-2H3,(H,39,45). The molecule has 6 aromatic rings. The fourth-order valence-corrected chi connectivity index (χ4v) is 5.59. The van der Waals surface area contributed by atoms with Crippen molar-refractivity contribution in [2.24, 2.45) is 0 Å². The summed E-state index contributed by atoms with van der Waals surface area (Å²) >= 11 is 0.873. The van der Waals surface area contributed by atoms with Gasteiger partial charge in [0.2, 0.25) is 5.13 Å². The number of rotatable bonds is 12. The second kappa shape index (κ2) is 13.3. The lowest BCUT2D eigenvalue weighted by Crippen LogP contribution is -2.14. The first-order chi connectivity index (χ1) is 22.3. The fourth-order valence-electron chi connectivity index (χ4n) is 4.92. The van der Waals surface area contributed by atoms with Crippen molar-refractivity contribution in [2.45, 2.75) is 32.5 Å². The molecule has 1 atom stereocenters. The molecule has 0 spiro atoms. The Kier molecular flexibility index (Phi) is 8.88. The molecular weight excluding hydrogens is 609 g/mol. The van der Waals surface area contributed by atoms with Crippen molar-refractivity contribution in [2.75, 3.05) is 37.9 Å². The summed E-state index contributed by atoms with van der Waals surface area (Å²) < 4.78 is 38.3. The molecule has 1 unspecified atom stereocenters. The Labute approximate surface area is 268 Å². The molecule has 0 radical (unpaired) electrons.